The quantitative estimate of drug-likeness (QED) is 0.493. The van der Waals surface area contributed by atoms with Crippen LogP contribution in [0, 0.1) is 5.41 Å². The second kappa shape index (κ2) is 10.6. The summed E-state index contributed by atoms with van der Waals surface area (Å²) in [4.78, 5) is 27.4. The molecule has 0 spiro atoms. The molecular weight excluding hydrogens is 446 g/mol. The van der Waals surface area contributed by atoms with E-state index in [-0.39, 0.29) is 36.3 Å². The van der Waals surface area contributed by atoms with Gasteiger partial charge in [-0.3, -0.25) is 9.59 Å². The summed E-state index contributed by atoms with van der Waals surface area (Å²) in [5, 5.41) is 6.76. The number of ether oxygens (including phenoxy) is 2. The van der Waals surface area contributed by atoms with Gasteiger partial charge in [0.05, 0.1) is 6.54 Å². The van der Waals surface area contributed by atoms with Crippen molar-refractivity contribution >= 4 is 11.8 Å². The van der Waals surface area contributed by atoms with Gasteiger partial charge in [-0.25, -0.2) is 0 Å². The highest BCUT2D eigenvalue weighted by Crippen LogP contribution is 2.32. The lowest BCUT2D eigenvalue weighted by atomic mass is 9.91. The van der Waals surface area contributed by atoms with Crippen LogP contribution in [0.2, 0.25) is 0 Å². The van der Waals surface area contributed by atoms with Crippen LogP contribution in [0.15, 0.2) is 59.1 Å². The minimum absolute atomic E-state index is 0.0404. The number of hydrogen-bond acceptors (Lipinski definition) is 6. The van der Waals surface area contributed by atoms with Gasteiger partial charge in [0.25, 0.3) is 5.91 Å². The lowest BCUT2D eigenvalue weighted by molar-refractivity contribution is -0.134. The largest absolute Gasteiger partial charge is 0.454 e. The topological polar surface area (TPSA) is 93.9 Å². The Hall–Kier alpha value is -3.81. The lowest BCUT2D eigenvalue weighted by Gasteiger charge is -2.26. The van der Waals surface area contributed by atoms with Crippen LogP contribution >= 0.6 is 0 Å². The molecule has 0 saturated carbocycles. The summed E-state index contributed by atoms with van der Waals surface area (Å²) in [6.07, 6.45) is 1.15. The molecule has 2 amide bonds. The van der Waals surface area contributed by atoms with Crippen LogP contribution in [0.1, 0.15) is 54.6 Å². The Bertz CT molecular complexity index is 1170. The molecule has 2 heterocycles. The summed E-state index contributed by atoms with van der Waals surface area (Å²) in [7, 11) is 0. The van der Waals surface area contributed by atoms with Crippen molar-refractivity contribution in [2.45, 2.75) is 46.7 Å². The summed E-state index contributed by atoms with van der Waals surface area (Å²) in [5.41, 5.74) is 2.07. The van der Waals surface area contributed by atoms with Gasteiger partial charge in [-0.2, -0.15) is 0 Å². The molecule has 1 aliphatic heterocycles. The summed E-state index contributed by atoms with van der Waals surface area (Å²) in [5.74, 6) is 1.51. The number of nitrogens with zero attached hydrogens (tertiary/aromatic N) is 2. The third-order valence-corrected chi connectivity index (χ3v) is 5.58. The fourth-order valence-electron chi connectivity index (χ4n) is 3.77. The molecule has 1 aromatic heterocycles. The van der Waals surface area contributed by atoms with Crippen LogP contribution in [0.3, 0.4) is 0 Å². The van der Waals surface area contributed by atoms with Crippen molar-refractivity contribution in [3.05, 3.63) is 77.2 Å². The fraction of sp³-hybridized carbons (Fsp3) is 0.370. The predicted octanol–water partition coefficient (Wildman–Crippen LogP) is 4.34. The Balaban J connectivity index is 1.37. The maximum Gasteiger partial charge on any atom is 0.273 e. The Morgan fingerprint density at radius 3 is 2.54 bits per heavy atom. The van der Waals surface area contributed by atoms with Crippen molar-refractivity contribution in [2.75, 3.05) is 13.3 Å². The zero-order chi connectivity index (χ0) is 24.8. The Kier molecular flexibility index (Phi) is 7.39. The highest BCUT2D eigenvalue weighted by atomic mass is 16.7. The van der Waals surface area contributed by atoms with Crippen molar-refractivity contribution in [3.8, 4) is 11.5 Å². The van der Waals surface area contributed by atoms with Gasteiger partial charge in [-0.15, -0.1) is 0 Å². The summed E-state index contributed by atoms with van der Waals surface area (Å²) in [6.45, 7) is 7.43. The van der Waals surface area contributed by atoms with Gasteiger partial charge in [0.1, 0.15) is 0 Å². The van der Waals surface area contributed by atoms with E-state index in [0.29, 0.717) is 36.8 Å². The highest BCUT2D eigenvalue weighted by Gasteiger charge is 2.23. The fourth-order valence-corrected chi connectivity index (χ4v) is 3.77. The van der Waals surface area contributed by atoms with E-state index in [9.17, 15) is 9.59 Å². The third kappa shape index (κ3) is 6.85. The number of nitrogens with one attached hydrogen (secondary N) is 1. The highest BCUT2D eigenvalue weighted by molar-refractivity contribution is 5.92. The number of amides is 2. The van der Waals surface area contributed by atoms with E-state index < -0.39 is 0 Å². The second-order valence-corrected chi connectivity index (χ2v) is 9.84. The molecule has 35 heavy (non-hydrogen) atoms. The van der Waals surface area contributed by atoms with E-state index >= 15 is 0 Å². The van der Waals surface area contributed by atoms with Gasteiger partial charge < -0.3 is 24.2 Å². The summed E-state index contributed by atoms with van der Waals surface area (Å²) in [6, 6.07) is 17.1. The van der Waals surface area contributed by atoms with Crippen LogP contribution < -0.4 is 14.8 Å². The first-order valence-corrected chi connectivity index (χ1v) is 11.7. The molecule has 3 aromatic rings. The van der Waals surface area contributed by atoms with Crippen LogP contribution in [0.25, 0.3) is 0 Å². The normalized spacial score (nSPS) is 12.4. The molecule has 1 aliphatic rings. The van der Waals surface area contributed by atoms with Gasteiger partial charge >= 0.3 is 0 Å². The molecule has 0 atom stereocenters. The first-order valence-electron chi connectivity index (χ1n) is 11.7. The van der Waals surface area contributed by atoms with E-state index in [2.05, 4.69) is 10.5 Å². The number of aromatic nitrogens is 1. The molecule has 8 heteroatoms. The van der Waals surface area contributed by atoms with Crippen molar-refractivity contribution in [2.24, 2.45) is 5.41 Å². The molecule has 0 radical (unpaired) electrons. The number of fused-ring (bicyclic) bond motifs is 1. The van der Waals surface area contributed by atoms with Crippen molar-refractivity contribution in [3.63, 3.8) is 0 Å². The third-order valence-electron chi connectivity index (χ3n) is 5.58. The van der Waals surface area contributed by atoms with Gasteiger partial charge in [-0.1, -0.05) is 62.3 Å². The number of rotatable bonds is 9. The second-order valence-electron chi connectivity index (χ2n) is 9.84. The zero-order valence-corrected chi connectivity index (χ0v) is 20.4. The Labute approximate surface area is 205 Å². The van der Waals surface area contributed by atoms with E-state index in [1.165, 1.54) is 0 Å². The summed E-state index contributed by atoms with van der Waals surface area (Å²) < 4.78 is 16.1. The van der Waals surface area contributed by atoms with Gasteiger partial charge in [0.15, 0.2) is 23.0 Å². The first kappa shape index (κ1) is 24.3. The number of carbonyl (C=O) groups is 2. The average Bonchev–Trinajstić information content (AvgIpc) is 3.49. The van der Waals surface area contributed by atoms with Crippen molar-refractivity contribution < 1.29 is 23.6 Å². The lowest BCUT2D eigenvalue weighted by Crippen LogP contribution is -2.34. The Morgan fingerprint density at radius 2 is 1.77 bits per heavy atom. The van der Waals surface area contributed by atoms with Crippen molar-refractivity contribution in [1.29, 1.82) is 0 Å². The number of hydrogen-bond donors (Lipinski definition) is 1. The molecule has 4 rings (SSSR count). The SMILES string of the molecule is CC(C)(C)CC(=O)N(CCc1ccccc1)Cc1cc(C(=O)NCc2ccc3c(c2)OCO3)no1. The first-order chi connectivity index (χ1) is 16.8. The number of benzene rings is 2. The smallest absolute Gasteiger partial charge is 0.273 e. The molecule has 2 aromatic carbocycles. The zero-order valence-electron chi connectivity index (χ0n) is 20.4. The van der Waals surface area contributed by atoms with Crippen LogP contribution in [-0.4, -0.2) is 35.2 Å². The molecule has 184 valence electrons. The standard InChI is InChI=1S/C27H31N3O5/c1-27(2,3)15-25(31)30(12-11-19-7-5-4-6-8-19)17-21-14-22(29-35-21)26(32)28-16-20-9-10-23-24(13-20)34-18-33-23/h4-10,13-14H,11-12,15-18H2,1-3H3,(H,28,32). The Morgan fingerprint density at radius 1 is 1.00 bits per heavy atom. The monoisotopic (exact) mass is 477 g/mol. The van der Waals surface area contributed by atoms with E-state index in [1.807, 2.05) is 69.3 Å². The molecule has 0 unspecified atom stereocenters. The molecule has 0 aliphatic carbocycles. The predicted molar refractivity (Wildman–Crippen MR) is 130 cm³/mol. The molecule has 0 saturated heterocycles. The maximum absolute atomic E-state index is 13.0. The van der Waals surface area contributed by atoms with E-state index in [1.54, 1.807) is 11.0 Å². The molecule has 0 fully saturated rings. The van der Waals surface area contributed by atoms with E-state index in [4.69, 9.17) is 14.0 Å². The van der Waals surface area contributed by atoms with Gasteiger partial charge in [-0.05, 0) is 35.1 Å². The maximum atomic E-state index is 13.0. The molecule has 8 nitrogen and oxygen atoms in total. The molecular formula is C27H31N3O5. The summed E-state index contributed by atoms with van der Waals surface area (Å²) >= 11 is 0. The van der Waals surface area contributed by atoms with Crippen LogP contribution in [0.4, 0.5) is 0 Å². The van der Waals surface area contributed by atoms with Gasteiger partial charge in [0.2, 0.25) is 12.7 Å². The average molecular weight is 478 g/mol. The van der Waals surface area contributed by atoms with Crippen molar-refractivity contribution in [1.82, 2.24) is 15.4 Å². The molecule has 1 N–H and O–H groups in total. The van der Waals surface area contributed by atoms with Gasteiger partial charge in [0, 0.05) is 25.6 Å². The molecule has 0 bridgehead atoms. The van der Waals surface area contributed by atoms with Crippen LogP contribution in [0.5, 0.6) is 11.5 Å². The minimum atomic E-state index is -0.352. The van der Waals surface area contributed by atoms with E-state index in [0.717, 1.165) is 17.5 Å². The number of carbonyl (C=O) groups excluding carboxylic acids is 2. The minimum Gasteiger partial charge on any atom is -0.454 e. The van der Waals surface area contributed by atoms with Crippen LogP contribution in [-0.2, 0) is 24.3 Å².